The Kier molecular flexibility index (Phi) is 5.65. The van der Waals surface area contributed by atoms with Crippen LogP contribution in [0.4, 0.5) is 0 Å². The van der Waals surface area contributed by atoms with Gasteiger partial charge in [0, 0.05) is 30.2 Å². The molecule has 4 nitrogen and oxygen atoms in total. The monoisotopic (exact) mass is 324 g/mol. The molecule has 1 aliphatic heterocycles. The minimum Gasteiger partial charge on any atom is -0.311 e. The topological polar surface area (TPSA) is 49.4 Å². The van der Waals surface area contributed by atoms with E-state index in [0.29, 0.717) is 18.1 Å². The summed E-state index contributed by atoms with van der Waals surface area (Å²) in [6.07, 6.45) is 0. The summed E-state index contributed by atoms with van der Waals surface area (Å²) in [5.41, 5.74) is 0. The molecule has 0 radical (unpaired) electrons. The molecule has 0 spiro atoms. The summed E-state index contributed by atoms with van der Waals surface area (Å²) in [6, 6.07) is 6.49. The molecular weight excluding hydrogens is 307 g/mol. The van der Waals surface area contributed by atoms with Gasteiger partial charge in [0.05, 0.1) is 4.90 Å². The Morgan fingerprint density at radius 1 is 1.37 bits per heavy atom. The number of nitrogens with one attached hydrogen (secondary N) is 1. The maximum Gasteiger partial charge on any atom is 0.243 e. The Morgan fingerprint density at radius 2 is 2.05 bits per heavy atom. The minimum atomic E-state index is -3.46. The fourth-order valence-electron chi connectivity index (χ4n) is 2.13. The first-order valence-electron chi connectivity index (χ1n) is 5.94. The zero-order valence-corrected chi connectivity index (χ0v) is 13.2. The summed E-state index contributed by atoms with van der Waals surface area (Å²) in [5, 5.41) is 3.70. The highest BCUT2D eigenvalue weighted by molar-refractivity contribution is 7.89. The molecule has 2 rings (SSSR count). The van der Waals surface area contributed by atoms with Crippen LogP contribution in [0.25, 0.3) is 0 Å². The third kappa shape index (κ3) is 3.41. The van der Waals surface area contributed by atoms with Gasteiger partial charge in [-0.3, -0.25) is 0 Å². The lowest BCUT2D eigenvalue weighted by Gasteiger charge is -2.37. The van der Waals surface area contributed by atoms with Crippen molar-refractivity contribution in [3.05, 3.63) is 29.3 Å². The smallest absolute Gasteiger partial charge is 0.243 e. The Bertz CT molecular complexity index is 536. The van der Waals surface area contributed by atoms with Gasteiger partial charge in [0.1, 0.15) is 0 Å². The van der Waals surface area contributed by atoms with Crippen LogP contribution in [0.2, 0.25) is 5.02 Å². The second-order valence-electron chi connectivity index (χ2n) is 4.56. The summed E-state index contributed by atoms with van der Waals surface area (Å²) in [7, 11) is -3.46. The van der Waals surface area contributed by atoms with Crippen LogP contribution in [0.5, 0.6) is 0 Å². The van der Waals surface area contributed by atoms with Crippen molar-refractivity contribution < 1.29 is 8.42 Å². The maximum absolute atomic E-state index is 12.5. The van der Waals surface area contributed by atoms with Crippen LogP contribution in [0.3, 0.4) is 0 Å². The average molecular weight is 325 g/mol. The van der Waals surface area contributed by atoms with Crippen LogP contribution in [-0.4, -0.2) is 37.9 Å². The van der Waals surface area contributed by atoms with Gasteiger partial charge in [-0.05, 0) is 32.0 Å². The van der Waals surface area contributed by atoms with E-state index in [9.17, 15) is 8.42 Å². The number of piperazine rings is 1. The van der Waals surface area contributed by atoms with Gasteiger partial charge in [-0.25, -0.2) is 8.42 Å². The lowest BCUT2D eigenvalue weighted by molar-refractivity contribution is 0.233. The zero-order valence-electron chi connectivity index (χ0n) is 10.8. The Morgan fingerprint density at radius 3 is 2.68 bits per heavy atom. The summed E-state index contributed by atoms with van der Waals surface area (Å²) in [5.74, 6) is 0. The molecule has 2 unspecified atom stereocenters. The summed E-state index contributed by atoms with van der Waals surface area (Å²) < 4.78 is 26.6. The molecule has 0 aromatic heterocycles. The van der Waals surface area contributed by atoms with E-state index in [1.165, 1.54) is 6.07 Å². The van der Waals surface area contributed by atoms with Crippen molar-refractivity contribution in [1.82, 2.24) is 9.62 Å². The standard InChI is InChI=1S/C12H17ClN2O2S.ClH/c1-9-10(2)15(7-6-14-9)18(16,17)12-5-3-4-11(13)8-12;/h3-5,8-10,14H,6-7H2,1-2H3;1H. The van der Waals surface area contributed by atoms with E-state index in [0.717, 1.165) is 0 Å². The van der Waals surface area contributed by atoms with E-state index in [1.54, 1.807) is 22.5 Å². The van der Waals surface area contributed by atoms with E-state index < -0.39 is 10.0 Å². The van der Waals surface area contributed by atoms with Gasteiger partial charge in [-0.15, -0.1) is 12.4 Å². The normalized spacial score (nSPS) is 24.8. The van der Waals surface area contributed by atoms with Crippen molar-refractivity contribution in [2.75, 3.05) is 13.1 Å². The highest BCUT2D eigenvalue weighted by atomic mass is 35.5. The van der Waals surface area contributed by atoms with Gasteiger partial charge in [0.15, 0.2) is 0 Å². The lowest BCUT2D eigenvalue weighted by atomic mass is 10.1. The highest BCUT2D eigenvalue weighted by Crippen LogP contribution is 2.23. The molecule has 0 amide bonds. The molecule has 0 bridgehead atoms. The number of sulfonamides is 1. The second kappa shape index (κ2) is 6.41. The molecule has 1 N–H and O–H groups in total. The van der Waals surface area contributed by atoms with Crippen LogP contribution in [-0.2, 0) is 10.0 Å². The molecule has 108 valence electrons. The van der Waals surface area contributed by atoms with Crippen molar-refractivity contribution in [1.29, 1.82) is 0 Å². The summed E-state index contributed by atoms with van der Waals surface area (Å²) in [4.78, 5) is 0.260. The highest BCUT2D eigenvalue weighted by Gasteiger charge is 2.34. The first-order valence-corrected chi connectivity index (χ1v) is 7.75. The Labute approximate surface area is 125 Å². The van der Waals surface area contributed by atoms with Gasteiger partial charge in [-0.1, -0.05) is 17.7 Å². The number of halogens is 2. The van der Waals surface area contributed by atoms with E-state index >= 15 is 0 Å². The number of nitrogens with zero attached hydrogens (tertiary/aromatic N) is 1. The van der Waals surface area contributed by atoms with Gasteiger partial charge in [0.2, 0.25) is 10.0 Å². The van der Waals surface area contributed by atoms with Gasteiger partial charge in [0.25, 0.3) is 0 Å². The number of rotatable bonds is 2. The Balaban J connectivity index is 0.00000180. The Hall–Kier alpha value is -0.330. The molecule has 1 aromatic rings. The quantitative estimate of drug-likeness (QED) is 0.906. The second-order valence-corrected chi connectivity index (χ2v) is 6.88. The molecule has 1 aliphatic rings. The van der Waals surface area contributed by atoms with Crippen molar-refractivity contribution in [2.45, 2.75) is 30.8 Å². The molecule has 1 aromatic carbocycles. The fraction of sp³-hybridized carbons (Fsp3) is 0.500. The number of hydrogen-bond donors (Lipinski definition) is 1. The lowest BCUT2D eigenvalue weighted by Crippen LogP contribution is -2.57. The summed E-state index contributed by atoms with van der Waals surface area (Å²) in [6.45, 7) is 5.06. The average Bonchev–Trinajstić information content (AvgIpc) is 2.32. The minimum absolute atomic E-state index is 0. The van der Waals surface area contributed by atoms with Crippen LogP contribution in [0.15, 0.2) is 29.2 Å². The number of hydrogen-bond acceptors (Lipinski definition) is 3. The maximum atomic E-state index is 12.5. The molecular formula is C12H18Cl2N2O2S. The molecule has 1 fully saturated rings. The number of benzene rings is 1. The third-order valence-electron chi connectivity index (χ3n) is 3.38. The SMILES string of the molecule is CC1NCCN(S(=O)(=O)c2cccc(Cl)c2)C1C.Cl. The van der Waals surface area contributed by atoms with E-state index in [4.69, 9.17) is 11.6 Å². The molecule has 1 heterocycles. The van der Waals surface area contributed by atoms with Crippen molar-refractivity contribution in [3.63, 3.8) is 0 Å². The third-order valence-corrected chi connectivity index (χ3v) is 5.60. The fourth-order valence-corrected chi connectivity index (χ4v) is 4.13. The van der Waals surface area contributed by atoms with Crippen LogP contribution < -0.4 is 5.32 Å². The zero-order chi connectivity index (χ0) is 13.3. The van der Waals surface area contributed by atoms with Crippen molar-refractivity contribution in [2.24, 2.45) is 0 Å². The van der Waals surface area contributed by atoms with Crippen molar-refractivity contribution >= 4 is 34.0 Å². The molecule has 2 atom stereocenters. The van der Waals surface area contributed by atoms with E-state index in [-0.39, 0.29) is 29.4 Å². The molecule has 0 saturated carbocycles. The van der Waals surface area contributed by atoms with Crippen LogP contribution in [0.1, 0.15) is 13.8 Å². The first kappa shape index (κ1) is 16.7. The summed E-state index contributed by atoms with van der Waals surface area (Å²) >= 11 is 5.86. The molecule has 0 aliphatic carbocycles. The molecule has 7 heteroatoms. The van der Waals surface area contributed by atoms with Crippen LogP contribution >= 0.6 is 24.0 Å². The van der Waals surface area contributed by atoms with Crippen LogP contribution in [0, 0.1) is 0 Å². The van der Waals surface area contributed by atoms with Gasteiger partial charge in [-0.2, -0.15) is 4.31 Å². The largest absolute Gasteiger partial charge is 0.311 e. The van der Waals surface area contributed by atoms with Gasteiger partial charge < -0.3 is 5.32 Å². The van der Waals surface area contributed by atoms with E-state index in [1.807, 2.05) is 13.8 Å². The predicted octanol–water partition coefficient (Wildman–Crippen LogP) is 2.13. The van der Waals surface area contributed by atoms with E-state index in [2.05, 4.69) is 5.32 Å². The van der Waals surface area contributed by atoms with Gasteiger partial charge >= 0.3 is 0 Å². The predicted molar refractivity (Wildman–Crippen MR) is 79.5 cm³/mol. The van der Waals surface area contributed by atoms with Crippen molar-refractivity contribution in [3.8, 4) is 0 Å². The first-order chi connectivity index (χ1) is 8.43. The molecule has 19 heavy (non-hydrogen) atoms. The molecule has 1 saturated heterocycles.